The number of piperidine rings is 2. The topological polar surface area (TPSA) is 57.7 Å². The summed E-state index contributed by atoms with van der Waals surface area (Å²) in [6.07, 6.45) is 3.81. The molecule has 1 aromatic carbocycles. The molecule has 144 valence electrons. The Morgan fingerprint density at radius 2 is 1.77 bits per heavy atom. The summed E-state index contributed by atoms with van der Waals surface area (Å²) in [5.41, 5.74) is 0.284. The standard InChI is InChI=1S/C19H27ClN2O3S/c1-14-7-10-22(11-8-14)26(24,25)16-5-6-18(20)17(12-16)19(23)21-9-3-4-15(2)13-21/h5-6,12,14-15H,3-4,7-11,13H2,1-2H3/t15-/m0/s1. The van der Waals surface area contributed by atoms with Gasteiger partial charge in [-0.15, -0.1) is 0 Å². The monoisotopic (exact) mass is 398 g/mol. The number of carbonyl (C=O) groups is 1. The molecule has 2 aliphatic rings. The molecule has 0 aliphatic carbocycles. The molecule has 0 N–H and O–H groups in total. The molecule has 3 rings (SSSR count). The molecule has 0 spiro atoms. The lowest BCUT2D eigenvalue weighted by Crippen LogP contribution is -2.39. The van der Waals surface area contributed by atoms with E-state index in [1.54, 1.807) is 4.90 Å². The fraction of sp³-hybridized carbons (Fsp3) is 0.632. The second-order valence-corrected chi connectivity index (χ2v) is 10.1. The van der Waals surface area contributed by atoms with E-state index in [1.807, 2.05) is 0 Å². The number of nitrogens with zero attached hydrogens (tertiary/aromatic N) is 2. The molecule has 0 bridgehead atoms. The van der Waals surface area contributed by atoms with Crippen molar-refractivity contribution >= 4 is 27.5 Å². The predicted octanol–water partition coefficient (Wildman–Crippen LogP) is 3.63. The van der Waals surface area contributed by atoms with Crippen LogP contribution in [0.15, 0.2) is 23.1 Å². The highest BCUT2D eigenvalue weighted by molar-refractivity contribution is 7.89. The SMILES string of the molecule is CC1CCN(S(=O)(=O)c2ccc(Cl)c(C(=O)N3CCC[C@H](C)C3)c2)CC1. The van der Waals surface area contributed by atoms with Crippen LogP contribution in [0.4, 0.5) is 0 Å². The molecule has 2 fully saturated rings. The highest BCUT2D eigenvalue weighted by atomic mass is 35.5. The van der Waals surface area contributed by atoms with Gasteiger partial charge < -0.3 is 4.90 Å². The molecule has 1 atom stereocenters. The highest BCUT2D eigenvalue weighted by Crippen LogP contribution is 2.28. The largest absolute Gasteiger partial charge is 0.338 e. The molecule has 0 saturated carbocycles. The zero-order valence-electron chi connectivity index (χ0n) is 15.4. The van der Waals surface area contributed by atoms with Crippen molar-refractivity contribution in [1.82, 2.24) is 9.21 Å². The lowest BCUT2D eigenvalue weighted by atomic mass is 9.99. The maximum atomic E-state index is 13.0. The molecule has 1 amide bonds. The van der Waals surface area contributed by atoms with Gasteiger partial charge in [0.1, 0.15) is 0 Å². The van der Waals surface area contributed by atoms with Gasteiger partial charge in [0.05, 0.1) is 15.5 Å². The first-order valence-electron chi connectivity index (χ1n) is 9.38. The van der Waals surface area contributed by atoms with Crippen LogP contribution in [-0.4, -0.2) is 49.7 Å². The average Bonchev–Trinajstić information content (AvgIpc) is 2.62. The lowest BCUT2D eigenvalue weighted by molar-refractivity contribution is 0.0683. The Bertz CT molecular complexity index is 773. The third kappa shape index (κ3) is 4.07. The van der Waals surface area contributed by atoms with Gasteiger partial charge in [-0.2, -0.15) is 4.31 Å². The van der Waals surface area contributed by atoms with Crippen LogP contribution in [0.3, 0.4) is 0 Å². The Hall–Kier alpha value is -1.11. The minimum Gasteiger partial charge on any atom is -0.338 e. The van der Waals surface area contributed by atoms with Gasteiger partial charge in [-0.3, -0.25) is 4.79 Å². The molecule has 0 radical (unpaired) electrons. The van der Waals surface area contributed by atoms with Gasteiger partial charge in [0.2, 0.25) is 10.0 Å². The van der Waals surface area contributed by atoms with Crippen molar-refractivity contribution in [1.29, 1.82) is 0 Å². The van der Waals surface area contributed by atoms with Gasteiger partial charge in [0.15, 0.2) is 0 Å². The van der Waals surface area contributed by atoms with Gasteiger partial charge in [0.25, 0.3) is 5.91 Å². The number of likely N-dealkylation sites (tertiary alicyclic amines) is 1. The van der Waals surface area contributed by atoms with Crippen molar-refractivity contribution in [3.8, 4) is 0 Å². The number of carbonyl (C=O) groups excluding carboxylic acids is 1. The number of rotatable bonds is 3. The number of hydrogen-bond donors (Lipinski definition) is 0. The number of sulfonamides is 1. The van der Waals surface area contributed by atoms with Gasteiger partial charge in [-0.1, -0.05) is 25.4 Å². The van der Waals surface area contributed by atoms with E-state index in [1.165, 1.54) is 22.5 Å². The molecule has 2 aliphatic heterocycles. The Morgan fingerprint density at radius 3 is 2.42 bits per heavy atom. The quantitative estimate of drug-likeness (QED) is 0.781. The minimum atomic E-state index is -3.60. The van der Waals surface area contributed by atoms with Crippen LogP contribution in [0.2, 0.25) is 5.02 Å². The Morgan fingerprint density at radius 1 is 1.08 bits per heavy atom. The molecule has 1 aromatic rings. The second kappa shape index (κ2) is 7.87. The van der Waals surface area contributed by atoms with Crippen LogP contribution < -0.4 is 0 Å². The zero-order chi connectivity index (χ0) is 18.9. The third-order valence-corrected chi connectivity index (χ3v) is 7.72. The van der Waals surface area contributed by atoms with Gasteiger partial charge >= 0.3 is 0 Å². The van der Waals surface area contributed by atoms with E-state index < -0.39 is 10.0 Å². The maximum absolute atomic E-state index is 13.0. The molecule has 7 heteroatoms. The summed E-state index contributed by atoms with van der Waals surface area (Å²) in [5.74, 6) is 0.824. The number of halogens is 1. The predicted molar refractivity (Wildman–Crippen MR) is 103 cm³/mol. The van der Waals surface area contributed by atoms with Crippen LogP contribution in [0, 0.1) is 11.8 Å². The smallest absolute Gasteiger partial charge is 0.255 e. The van der Waals surface area contributed by atoms with Gasteiger partial charge in [-0.25, -0.2) is 8.42 Å². The Labute approximate surface area is 161 Å². The summed E-state index contributed by atoms with van der Waals surface area (Å²) < 4.78 is 27.5. The van der Waals surface area contributed by atoms with E-state index in [9.17, 15) is 13.2 Å². The second-order valence-electron chi connectivity index (χ2n) is 7.73. The molecule has 0 unspecified atom stereocenters. The molecule has 2 heterocycles. The summed E-state index contributed by atoms with van der Waals surface area (Å²) in [4.78, 5) is 14.8. The van der Waals surface area contributed by atoms with E-state index in [2.05, 4.69) is 13.8 Å². The number of benzene rings is 1. The maximum Gasteiger partial charge on any atom is 0.255 e. The van der Waals surface area contributed by atoms with E-state index in [-0.39, 0.29) is 16.4 Å². The first kappa shape index (κ1) is 19.6. The van der Waals surface area contributed by atoms with Crippen LogP contribution in [0.1, 0.15) is 49.9 Å². The normalized spacial score (nSPS) is 23.2. The Balaban J connectivity index is 1.86. The van der Waals surface area contributed by atoms with E-state index >= 15 is 0 Å². The van der Waals surface area contributed by atoms with Crippen LogP contribution in [0.5, 0.6) is 0 Å². The zero-order valence-corrected chi connectivity index (χ0v) is 17.0. The van der Waals surface area contributed by atoms with E-state index in [0.717, 1.165) is 25.7 Å². The summed E-state index contributed by atoms with van der Waals surface area (Å²) >= 11 is 6.25. The molecule has 2 saturated heterocycles. The summed E-state index contributed by atoms with van der Waals surface area (Å²) in [6, 6.07) is 4.49. The third-order valence-electron chi connectivity index (χ3n) is 5.49. The average molecular weight is 399 g/mol. The summed E-state index contributed by atoms with van der Waals surface area (Å²) in [7, 11) is -3.60. The van der Waals surface area contributed by atoms with Crippen molar-refractivity contribution in [2.75, 3.05) is 26.2 Å². The van der Waals surface area contributed by atoms with Gasteiger partial charge in [0, 0.05) is 26.2 Å². The molecule has 5 nitrogen and oxygen atoms in total. The van der Waals surface area contributed by atoms with E-state index in [4.69, 9.17) is 11.6 Å². The lowest BCUT2D eigenvalue weighted by Gasteiger charge is -2.31. The molecular weight excluding hydrogens is 372 g/mol. The van der Waals surface area contributed by atoms with Crippen molar-refractivity contribution in [3.05, 3.63) is 28.8 Å². The van der Waals surface area contributed by atoms with Crippen molar-refractivity contribution in [2.45, 2.75) is 44.4 Å². The minimum absolute atomic E-state index is 0.157. The van der Waals surface area contributed by atoms with Crippen molar-refractivity contribution < 1.29 is 13.2 Å². The molecule has 0 aromatic heterocycles. The van der Waals surface area contributed by atoms with E-state index in [0.29, 0.717) is 43.0 Å². The van der Waals surface area contributed by atoms with Crippen molar-refractivity contribution in [2.24, 2.45) is 11.8 Å². The first-order chi connectivity index (χ1) is 12.3. The van der Waals surface area contributed by atoms with Crippen LogP contribution in [0.25, 0.3) is 0 Å². The number of hydrogen-bond acceptors (Lipinski definition) is 3. The van der Waals surface area contributed by atoms with Crippen LogP contribution in [-0.2, 0) is 10.0 Å². The number of amides is 1. The summed E-state index contributed by atoms with van der Waals surface area (Å²) in [5, 5.41) is 0.305. The first-order valence-corrected chi connectivity index (χ1v) is 11.2. The Kier molecular flexibility index (Phi) is 5.94. The van der Waals surface area contributed by atoms with Crippen LogP contribution >= 0.6 is 11.6 Å². The van der Waals surface area contributed by atoms with Crippen molar-refractivity contribution in [3.63, 3.8) is 0 Å². The fourth-order valence-corrected chi connectivity index (χ4v) is 5.44. The fourth-order valence-electron chi connectivity index (χ4n) is 3.75. The molecular formula is C19H27ClN2O3S. The summed E-state index contributed by atoms with van der Waals surface area (Å²) in [6.45, 7) is 6.71. The highest BCUT2D eigenvalue weighted by Gasteiger charge is 2.30. The van der Waals surface area contributed by atoms with Gasteiger partial charge in [-0.05, 0) is 55.7 Å². The molecule has 26 heavy (non-hydrogen) atoms.